The van der Waals surface area contributed by atoms with E-state index in [0.29, 0.717) is 21.8 Å². The van der Waals surface area contributed by atoms with Gasteiger partial charge >= 0.3 is 5.97 Å². The van der Waals surface area contributed by atoms with E-state index in [1.807, 2.05) is 6.07 Å². The van der Waals surface area contributed by atoms with Crippen molar-refractivity contribution in [2.75, 3.05) is 0 Å². The lowest BCUT2D eigenvalue weighted by molar-refractivity contribution is 0.0459. The Morgan fingerprint density at radius 2 is 1.83 bits per heavy atom. The van der Waals surface area contributed by atoms with Crippen molar-refractivity contribution in [1.82, 2.24) is 14.5 Å². The van der Waals surface area contributed by atoms with E-state index in [1.165, 1.54) is 10.6 Å². The van der Waals surface area contributed by atoms with Crippen molar-refractivity contribution in [3.8, 4) is 6.07 Å². The summed E-state index contributed by atoms with van der Waals surface area (Å²) in [5.74, 6) is -0.573. The lowest BCUT2D eigenvalue weighted by Gasteiger charge is -2.12. The van der Waals surface area contributed by atoms with E-state index >= 15 is 0 Å². The van der Waals surface area contributed by atoms with Gasteiger partial charge in [-0.1, -0.05) is 30.3 Å². The number of hydrogen-bond acceptors (Lipinski definition) is 6. The van der Waals surface area contributed by atoms with Crippen LogP contribution in [0.2, 0.25) is 0 Å². The first kappa shape index (κ1) is 18.1. The van der Waals surface area contributed by atoms with Gasteiger partial charge in [-0.05, 0) is 18.2 Å². The average Bonchev–Trinajstić information content (AvgIpc) is 2.73. The highest BCUT2D eigenvalue weighted by atomic mass is 16.5. The fourth-order valence-electron chi connectivity index (χ4n) is 3.14. The number of aromatic amines is 1. The SMILES string of the molecule is N#CCn1c(COC(=O)c2cc(=O)[nH]c3ccccc23)nc2ccccc2c1=O. The van der Waals surface area contributed by atoms with E-state index in [2.05, 4.69) is 9.97 Å². The number of hydrogen-bond donors (Lipinski definition) is 1. The molecule has 142 valence electrons. The predicted molar refractivity (Wildman–Crippen MR) is 105 cm³/mol. The fraction of sp³-hybridized carbons (Fsp3) is 0.0952. The predicted octanol–water partition coefficient (Wildman–Crippen LogP) is 2.12. The highest BCUT2D eigenvalue weighted by Crippen LogP contribution is 2.16. The molecule has 8 heteroatoms. The van der Waals surface area contributed by atoms with Crippen LogP contribution >= 0.6 is 0 Å². The average molecular weight is 386 g/mol. The first-order valence-corrected chi connectivity index (χ1v) is 8.73. The molecule has 2 heterocycles. The Labute approximate surface area is 163 Å². The second-order valence-electron chi connectivity index (χ2n) is 6.26. The topological polar surface area (TPSA) is 118 Å². The van der Waals surface area contributed by atoms with E-state index < -0.39 is 11.5 Å². The summed E-state index contributed by atoms with van der Waals surface area (Å²) >= 11 is 0. The third-order valence-corrected chi connectivity index (χ3v) is 4.47. The van der Waals surface area contributed by atoms with E-state index in [0.717, 1.165) is 0 Å². The van der Waals surface area contributed by atoms with Crippen LogP contribution in [0.4, 0.5) is 0 Å². The number of nitrogens with one attached hydrogen (secondary N) is 1. The minimum absolute atomic E-state index is 0.110. The molecule has 0 fully saturated rings. The summed E-state index contributed by atoms with van der Waals surface area (Å²) in [5, 5.41) is 9.97. The maximum atomic E-state index is 12.7. The summed E-state index contributed by atoms with van der Waals surface area (Å²) in [4.78, 5) is 44.2. The smallest absolute Gasteiger partial charge is 0.339 e. The molecule has 0 saturated carbocycles. The van der Waals surface area contributed by atoms with Crippen LogP contribution in [0, 0.1) is 11.3 Å². The Balaban J connectivity index is 1.71. The molecule has 0 spiro atoms. The molecule has 4 rings (SSSR count). The van der Waals surface area contributed by atoms with Gasteiger partial charge in [0.2, 0.25) is 5.56 Å². The molecule has 4 aromatic rings. The molecule has 0 amide bonds. The Morgan fingerprint density at radius 3 is 2.62 bits per heavy atom. The Hall–Kier alpha value is -4.25. The standard InChI is InChI=1S/C21H14N4O4/c22-9-10-25-18(23-17-8-4-2-6-14(17)20(25)27)12-29-21(28)15-11-19(26)24-16-7-3-1-5-13(15)16/h1-8,11H,10,12H2,(H,24,26). The summed E-state index contributed by atoms with van der Waals surface area (Å²) in [7, 11) is 0. The minimum atomic E-state index is -0.724. The molecule has 0 unspecified atom stereocenters. The zero-order valence-corrected chi connectivity index (χ0v) is 15.1. The highest BCUT2D eigenvalue weighted by molar-refractivity contribution is 6.03. The summed E-state index contributed by atoms with van der Waals surface area (Å²) in [6, 6.07) is 16.7. The number of rotatable bonds is 4. The number of aromatic nitrogens is 3. The minimum Gasteiger partial charge on any atom is -0.454 e. The molecule has 0 bridgehead atoms. The van der Waals surface area contributed by atoms with Crippen LogP contribution in [0.25, 0.3) is 21.8 Å². The van der Waals surface area contributed by atoms with Crippen LogP contribution < -0.4 is 11.1 Å². The Bertz CT molecular complexity index is 1410. The van der Waals surface area contributed by atoms with Crippen molar-refractivity contribution < 1.29 is 9.53 Å². The van der Waals surface area contributed by atoms with Crippen LogP contribution in [0.15, 0.2) is 64.2 Å². The monoisotopic (exact) mass is 386 g/mol. The van der Waals surface area contributed by atoms with E-state index in [9.17, 15) is 14.4 Å². The van der Waals surface area contributed by atoms with Gasteiger partial charge in [0.15, 0.2) is 5.82 Å². The van der Waals surface area contributed by atoms with Crippen LogP contribution in [-0.4, -0.2) is 20.5 Å². The second kappa shape index (κ2) is 7.40. The summed E-state index contributed by atoms with van der Waals surface area (Å²) < 4.78 is 6.52. The number of nitrogens with zero attached hydrogens (tertiary/aromatic N) is 3. The fourth-order valence-corrected chi connectivity index (χ4v) is 3.14. The normalized spacial score (nSPS) is 10.7. The van der Waals surface area contributed by atoms with Crippen LogP contribution in [-0.2, 0) is 17.9 Å². The van der Waals surface area contributed by atoms with Crippen LogP contribution in [0.1, 0.15) is 16.2 Å². The molecule has 2 aromatic heterocycles. The van der Waals surface area contributed by atoms with Crippen molar-refractivity contribution in [1.29, 1.82) is 5.26 Å². The molecule has 0 radical (unpaired) electrons. The molecule has 2 aromatic carbocycles. The first-order chi connectivity index (χ1) is 14.1. The van der Waals surface area contributed by atoms with Crippen LogP contribution in [0.5, 0.6) is 0 Å². The van der Waals surface area contributed by atoms with Gasteiger partial charge in [-0.25, -0.2) is 9.78 Å². The van der Waals surface area contributed by atoms with Crippen molar-refractivity contribution in [2.45, 2.75) is 13.2 Å². The number of ether oxygens (including phenoxy) is 1. The number of carbonyl (C=O) groups is 1. The molecule has 0 aliphatic carbocycles. The molecule has 0 aliphatic rings. The number of H-pyrrole nitrogens is 1. The van der Waals surface area contributed by atoms with Gasteiger partial charge in [0, 0.05) is 17.0 Å². The number of benzene rings is 2. The van der Waals surface area contributed by atoms with Crippen molar-refractivity contribution >= 4 is 27.8 Å². The van der Waals surface area contributed by atoms with Gasteiger partial charge in [-0.2, -0.15) is 5.26 Å². The molecule has 0 saturated heterocycles. The summed E-state index contributed by atoms with van der Waals surface area (Å²) in [5.41, 5.74) is 0.251. The molecular formula is C21H14N4O4. The van der Waals surface area contributed by atoms with E-state index in [-0.39, 0.29) is 30.1 Å². The summed E-state index contributed by atoms with van der Waals surface area (Å²) in [6.07, 6.45) is 0. The lowest BCUT2D eigenvalue weighted by atomic mass is 10.1. The first-order valence-electron chi connectivity index (χ1n) is 8.73. The third kappa shape index (κ3) is 3.37. The van der Waals surface area contributed by atoms with Gasteiger partial charge < -0.3 is 9.72 Å². The number of pyridine rings is 1. The maximum Gasteiger partial charge on any atom is 0.339 e. The quantitative estimate of drug-likeness (QED) is 0.537. The number of para-hydroxylation sites is 2. The van der Waals surface area contributed by atoms with Gasteiger partial charge in [0.1, 0.15) is 13.2 Å². The number of fused-ring (bicyclic) bond motifs is 2. The van der Waals surface area contributed by atoms with E-state index in [1.54, 1.807) is 48.5 Å². The zero-order chi connectivity index (χ0) is 20.4. The Kier molecular flexibility index (Phi) is 4.63. The van der Waals surface area contributed by atoms with Gasteiger partial charge in [0.05, 0.1) is 22.5 Å². The zero-order valence-electron chi connectivity index (χ0n) is 15.1. The molecule has 0 atom stereocenters. The molecule has 0 aliphatic heterocycles. The van der Waals surface area contributed by atoms with E-state index in [4.69, 9.17) is 10.00 Å². The molecule has 1 N–H and O–H groups in total. The second-order valence-corrected chi connectivity index (χ2v) is 6.26. The Morgan fingerprint density at radius 1 is 1.10 bits per heavy atom. The number of carbonyl (C=O) groups excluding carboxylic acids is 1. The third-order valence-electron chi connectivity index (χ3n) is 4.47. The van der Waals surface area contributed by atoms with Crippen molar-refractivity contribution in [2.24, 2.45) is 0 Å². The number of nitriles is 1. The maximum absolute atomic E-state index is 12.7. The largest absolute Gasteiger partial charge is 0.454 e. The highest BCUT2D eigenvalue weighted by Gasteiger charge is 2.16. The molecular weight excluding hydrogens is 372 g/mol. The van der Waals surface area contributed by atoms with Crippen LogP contribution in [0.3, 0.4) is 0 Å². The number of esters is 1. The van der Waals surface area contributed by atoms with Gasteiger partial charge in [-0.15, -0.1) is 0 Å². The molecule has 8 nitrogen and oxygen atoms in total. The van der Waals surface area contributed by atoms with Gasteiger partial charge in [-0.3, -0.25) is 14.2 Å². The molecule has 29 heavy (non-hydrogen) atoms. The lowest BCUT2D eigenvalue weighted by Crippen LogP contribution is -2.26. The van der Waals surface area contributed by atoms with Crippen molar-refractivity contribution in [3.05, 3.63) is 86.7 Å². The van der Waals surface area contributed by atoms with Crippen molar-refractivity contribution in [3.63, 3.8) is 0 Å². The van der Waals surface area contributed by atoms with Gasteiger partial charge in [0.25, 0.3) is 5.56 Å². The summed E-state index contributed by atoms with van der Waals surface area (Å²) in [6.45, 7) is -0.542.